The monoisotopic (exact) mass is 278 g/mol. The Kier molecular flexibility index (Phi) is 3.87. The summed E-state index contributed by atoms with van der Waals surface area (Å²) in [5.74, 6) is 0.260. The number of hydrogen-bond donors (Lipinski definition) is 1. The van der Waals surface area contributed by atoms with Crippen molar-refractivity contribution in [1.82, 2.24) is 4.98 Å². The average molecular weight is 279 g/mol. The first-order valence-corrected chi connectivity index (χ1v) is 5.75. The summed E-state index contributed by atoms with van der Waals surface area (Å²) < 4.78 is 10.1. The summed E-state index contributed by atoms with van der Waals surface area (Å²) in [7, 11) is 1.28. The Labute approximate surface area is 114 Å². The topological polar surface area (TPSA) is 74.4 Å². The number of carbonyl (C=O) groups excluding carboxylic acids is 1. The quantitative estimate of drug-likeness (QED) is 0.874. The summed E-state index contributed by atoms with van der Waals surface area (Å²) in [5.41, 5.74) is 6.08. The second-order valence-corrected chi connectivity index (χ2v) is 4.09. The average Bonchev–Trinajstić information content (AvgIpc) is 2.42. The first kappa shape index (κ1) is 13.2. The van der Waals surface area contributed by atoms with Crippen molar-refractivity contribution < 1.29 is 14.3 Å². The molecular weight excluding hydrogens is 268 g/mol. The van der Waals surface area contributed by atoms with Gasteiger partial charge in [-0.15, -0.1) is 0 Å². The Morgan fingerprint density at radius 3 is 2.63 bits per heavy atom. The molecule has 0 aliphatic rings. The number of halogens is 1. The predicted molar refractivity (Wildman–Crippen MR) is 71.5 cm³/mol. The molecule has 0 amide bonds. The molecule has 2 aromatic rings. The van der Waals surface area contributed by atoms with Gasteiger partial charge in [-0.2, -0.15) is 0 Å². The second kappa shape index (κ2) is 5.58. The fourth-order valence-electron chi connectivity index (χ4n) is 1.41. The van der Waals surface area contributed by atoms with Crippen LogP contribution in [0.15, 0.2) is 36.5 Å². The maximum absolute atomic E-state index is 11.5. The number of hydrogen-bond acceptors (Lipinski definition) is 5. The van der Waals surface area contributed by atoms with Crippen LogP contribution < -0.4 is 10.5 Å². The lowest BCUT2D eigenvalue weighted by Gasteiger charge is -2.07. The normalized spacial score (nSPS) is 10.0. The smallest absolute Gasteiger partial charge is 0.340 e. The molecule has 0 saturated heterocycles. The Balaban J connectivity index is 2.26. The summed E-state index contributed by atoms with van der Waals surface area (Å²) in [5, 5.41) is 0.605. The van der Waals surface area contributed by atoms with Gasteiger partial charge in [-0.1, -0.05) is 11.6 Å². The van der Waals surface area contributed by atoms with Crippen molar-refractivity contribution in [1.29, 1.82) is 0 Å². The van der Waals surface area contributed by atoms with Crippen molar-refractivity contribution in [2.45, 2.75) is 0 Å². The highest BCUT2D eigenvalue weighted by Crippen LogP contribution is 2.24. The van der Waals surface area contributed by atoms with E-state index in [2.05, 4.69) is 9.72 Å². The number of nitrogen functional groups attached to an aromatic ring is 1. The molecule has 2 N–H and O–H groups in total. The van der Waals surface area contributed by atoms with Gasteiger partial charge < -0.3 is 15.2 Å². The molecule has 0 saturated carbocycles. The lowest BCUT2D eigenvalue weighted by Crippen LogP contribution is -2.06. The zero-order valence-corrected chi connectivity index (χ0v) is 10.8. The minimum Gasteiger partial charge on any atom is -0.465 e. The zero-order chi connectivity index (χ0) is 13.8. The molecule has 6 heteroatoms. The molecule has 2 rings (SSSR count). The third-order valence-electron chi connectivity index (χ3n) is 2.35. The lowest BCUT2D eigenvalue weighted by molar-refractivity contribution is 0.0601. The Morgan fingerprint density at radius 2 is 2.00 bits per heavy atom. The van der Waals surface area contributed by atoms with Gasteiger partial charge in [-0.05, 0) is 24.3 Å². The molecule has 1 heterocycles. The van der Waals surface area contributed by atoms with E-state index in [4.69, 9.17) is 22.1 Å². The van der Waals surface area contributed by atoms with E-state index in [0.29, 0.717) is 10.8 Å². The van der Waals surface area contributed by atoms with E-state index >= 15 is 0 Å². The highest BCUT2D eigenvalue weighted by Gasteiger charge is 2.12. The number of nitrogens with zero attached hydrogens (tertiary/aromatic N) is 1. The van der Waals surface area contributed by atoms with E-state index in [1.807, 2.05) is 0 Å². The van der Waals surface area contributed by atoms with Gasteiger partial charge in [-0.3, -0.25) is 0 Å². The highest BCUT2D eigenvalue weighted by atomic mass is 35.5. The number of aromatic nitrogens is 1. The summed E-state index contributed by atoms with van der Waals surface area (Å²) in [6.45, 7) is 0. The number of pyridine rings is 1. The van der Waals surface area contributed by atoms with E-state index in [0.717, 1.165) is 0 Å². The van der Waals surface area contributed by atoms with E-state index in [1.165, 1.54) is 19.4 Å². The van der Waals surface area contributed by atoms with Crippen LogP contribution in [0.25, 0.3) is 0 Å². The first-order chi connectivity index (χ1) is 9.10. The number of benzene rings is 1. The van der Waals surface area contributed by atoms with Crippen molar-refractivity contribution in [3.05, 3.63) is 47.1 Å². The van der Waals surface area contributed by atoms with Crippen LogP contribution in [0, 0.1) is 0 Å². The first-order valence-electron chi connectivity index (χ1n) is 5.37. The van der Waals surface area contributed by atoms with Crippen molar-refractivity contribution in [2.24, 2.45) is 0 Å². The minimum absolute atomic E-state index is 0.210. The number of ether oxygens (including phenoxy) is 2. The van der Waals surface area contributed by atoms with Crippen molar-refractivity contribution in [3.8, 4) is 11.6 Å². The largest absolute Gasteiger partial charge is 0.465 e. The third-order valence-corrected chi connectivity index (χ3v) is 2.60. The van der Waals surface area contributed by atoms with Gasteiger partial charge in [0.2, 0.25) is 5.88 Å². The fraction of sp³-hybridized carbons (Fsp3) is 0.0769. The molecular formula is C13H11ClN2O3. The summed E-state index contributed by atoms with van der Waals surface area (Å²) >= 11 is 5.77. The van der Waals surface area contributed by atoms with Crippen LogP contribution in [-0.4, -0.2) is 18.1 Å². The van der Waals surface area contributed by atoms with Gasteiger partial charge in [0.05, 0.1) is 24.6 Å². The molecule has 0 atom stereocenters. The second-order valence-electron chi connectivity index (χ2n) is 3.66. The number of anilines is 1. The van der Waals surface area contributed by atoms with Gasteiger partial charge in [0.1, 0.15) is 5.75 Å². The minimum atomic E-state index is -0.541. The maximum atomic E-state index is 11.5. The van der Waals surface area contributed by atoms with Crippen molar-refractivity contribution in [3.63, 3.8) is 0 Å². The summed E-state index contributed by atoms with van der Waals surface area (Å²) in [6.07, 6.45) is 1.34. The number of methoxy groups -OCH3 is 1. The molecule has 0 unspecified atom stereocenters. The Morgan fingerprint density at radius 1 is 1.32 bits per heavy atom. The van der Waals surface area contributed by atoms with Crippen LogP contribution in [0.1, 0.15) is 10.4 Å². The highest BCUT2D eigenvalue weighted by molar-refractivity contribution is 6.30. The van der Waals surface area contributed by atoms with E-state index < -0.39 is 5.97 Å². The predicted octanol–water partition coefficient (Wildman–Crippen LogP) is 2.90. The molecule has 0 aliphatic heterocycles. The standard InChI is InChI=1S/C13H11ClN2O3/c1-18-13(17)10-6-12(16-7-11(10)15)19-9-4-2-8(14)3-5-9/h2-7H,15H2,1H3. The molecule has 0 fully saturated rings. The van der Waals surface area contributed by atoms with Crippen LogP contribution in [-0.2, 0) is 4.74 Å². The summed E-state index contributed by atoms with van der Waals surface area (Å²) in [6, 6.07) is 8.19. The SMILES string of the molecule is COC(=O)c1cc(Oc2ccc(Cl)cc2)ncc1N. The van der Waals surface area contributed by atoms with Crippen LogP contribution >= 0.6 is 11.6 Å². The molecule has 1 aromatic carbocycles. The Hall–Kier alpha value is -2.27. The van der Waals surface area contributed by atoms with Crippen LogP contribution in [0.5, 0.6) is 11.6 Å². The van der Waals surface area contributed by atoms with Crippen molar-refractivity contribution >= 4 is 23.3 Å². The van der Waals surface area contributed by atoms with Crippen LogP contribution in [0.4, 0.5) is 5.69 Å². The van der Waals surface area contributed by atoms with Gasteiger partial charge in [0.15, 0.2) is 0 Å². The third kappa shape index (κ3) is 3.14. The molecule has 1 aromatic heterocycles. The van der Waals surface area contributed by atoms with Crippen LogP contribution in [0.3, 0.4) is 0 Å². The molecule has 5 nitrogen and oxygen atoms in total. The molecule has 19 heavy (non-hydrogen) atoms. The summed E-state index contributed by atoms with van der Waals surface area (Å²) in [4.78, 5) is 15.5. The van der Waals surface area contributed by atoms with Gasteiger partial charge in [0, 0.05) is 11.1 Å². The van der Waals surface area contributed by atoms with Gasteiger partial charge in [-0.25, -0.2) is 9.78 Å². The number of esters is 1. The van der Waals surface area contributed by atoms with Gasteiger partial charge >= 0.3 is 5.97 Å². The lowest BCUT2D eigenvalue weighted by atomic mass is 10.2. The molecule has 0 aliphatic carbocycles. The fourth-order valence-corrected chi connectivity index (χ4v) is 1.54. The molecule has 0 radical (unpaired) electrons. The molecule has 0 spiro atoms. The van der Waals surface area contributed by atoms with Gasteiger partial charge in [0.25, 0.3) is 0 Å². The maximum Gasteiger partial charge on any atom is 0.340 e. The number of carbonyl (C=O) groups is 1. The number of nitrogens with two attached hydrogens (primary N) is 1. The molecule has 0 bridgehead atoms. The Bertz CT molecular complexity index is 599. The van der Waals surface area contributed by atoms with E-state index in [1.54, 1.807) is 24.3 Å². The van der Waals surface area contributed by atoms with Crippen LogP contribution in [0.2, 0.25) is 5.02 Å². The number of rotatable bonds is 3. The molecule has 98 valence electrons. The van der Waals surface area contributed by atoms with E-state index in [9.17, 15) is 4.79 Å². The van der Waals surface area contributed by atoms with E-state index in [-0.39, 0.29) is 17.1 Å². The van der Waals surface area contributed by atoms with Crippen molar-refractivity contribution in [2.75, 3.05) is 12.8 Å². The zero-order valence-electron chi connectivity index (χ0n) is 10.1.